The second-order valence-electron chi connectivity index (χ2n) is 8.11. The van der Waals surface area contributed by atoms with Crippen molar-refractivity contribution in [3.8, 4) is 5.75 Å². The number of aliphatic hydroxyl groups is 7. The molecule has 7 N–H and O–H groups in total. The highest BCUT2D eigenvalue weighted by atomic mass is 16.8. The van der Waals surface area contributed by atoms with E-state index in [4.69, 9.17) is 23.7 Å². The summed E-state index contributed by atoms with van der Waals surface area (Å²) in [6.07, 6.45) is -10.7. The summed E-state index contributed by atoms with van der Waals surface area (Å²) < 4.78 is 26.2. The van der Waals surface area contributed by atoms with E-state index in [-0.39, 0.29) is 0 Å². The number of hydrogen-bond acceptors (Lipinski definition) is 13. The van der Waals surface area contributed by atoms with Crippen LogP contribution in [0.5, 0.6) is 5.75 Å². The lowest BCUT2D eigenvalue weighted by Gasteiger charge is -2.43. The van der Waals surface area contributed by atoms with Gasteiger partial charge in [-0.2, -0.15) is 0 Å². The van der Waals surface area contributed by atoms with Crippen LogP contribution in [0.25, 0.3) is 6.08 Å². The SMILES string of the molecule is COc1ccc(C=CC(=O)OCC2OC(OC3(CO)OC(CO)C(O)C3O)C(O)C(O)C2O)cc1. The predicted octanol–water partition coefficient (Wildman–Crippen LogP) is -3.12. The minimum Gasteiger partial charge on any atom is -0.497 e. The standard InChI is InChI=1S/C22H30O13/c1-31-12-5-2-11(3-6-12)4-7-15(25)32-9-14-16(26)18(28)19(29)21(33-14)35-22(10-24)20(30)17(27)13(8-23)34-22/h2-7,13-14,16-21,23-24,26-30H,8-10H2,1H3. The summed E-state index contributed by atoms with van der Waals surface area (Å²) in [4.78, 5) is 12.1. The van der Waals surface area contributed by atoms with Gasteiger partial charge in [0.1, 0.15) is 61.7 Å². The van der Waals surface area contributed by atoms with Crippen LogP contribution in [0.15, 0.2) is 30.3 Å². The van der Waals surface area contributed by atoms with Gasteiger partial charge in [0.2, 0.25) is 5.79 Å². The molecule has 13 heteroatoms. The second kappa shape index (κ2) is 11.7. The molecule has 35 heavy (non-hydrogen) atoms. The average molecular weight is 502 g/mol. The Balaban J connectivity index is 1.63. The molecule has 0 radical (unpaired) electrons. The van der Waals surface area contributed by atoms with Crippen LogP contribution in [0.1, 0.15) is 5.56 Å². The van der Waals surface area contributed by atoms with E-state index in [1.165, 1.54) is 13.2 Å². The van der Waals surface area contributed by atoms with Crippen molar-refractivity contribution in [1.82, 2.24) is 0 Å². The Bertz CT molecular complexity index is 861. The molecule has 2 saturated heterocycles. The lowest BCUT2D eigenvalue weighted by atomic mass is 9.99. The summed E-state index contributed by atoms with van der Waals surface area (Å²) in [5, 5.41) is 70.0. The van der Waals surface area contributed by atoms with Crippen LogP contribution < -0.4 is 4.74 Å². The van der Waals surface area contributed by atoms with E-state index in [9.17, 15) is 40.5 Å². The Hall–Kier alpha value is -2.17. The first-order chi connectivity index (χ1) is 16.7. The molecule has 2 aliphatic heterocycles. The number of methoxy groups -OCH3 is 1. The first-order valence-corrected chi connectivity index (χ1v) is 10.8. The summed E-state index contributed by atoms with van der Waals surface area (Å²) in [5.41, 5.74) is 0.691. The van der Waals surface area contributed by atoms with Gasteiger partial charge in [0.25, 0.3) is 0 Å². The summed E-state index contributed by atoms with van der Waals surface area (Å²) in [6.45, 7) is -2.27. The largest absolute Gasteiger partial charge is 0.497 e. The van der Waals surface area contributed by atoms with Gasteiger partial charge in [-0.25, -0.2) is 4.79 Å². The first-order valence-electron chi connectivity index (χ1n) is 10.8. The second-order valence-corrected chi connectivity index (χ2v) is 8.11. The predicted molar refractivity (Wildman–Crippen MR) is 115 cm³/mol. The fourth-order valence-corrected chi connectivity index (χ4v) is 3.71. The third kappa shape index (κ3) is 5.98. The molecule has 0 bridgehead atoms. The zero-order valence-corrected chi connectivity index (χ0v) is 18.8. The number of ether oxygens (including phenoxy) is 5. The van der Waals surface area contributed by atoms with Gasteiger partial charge < -0.3 is 59.4 Å². The molecule has 3 rings (SSSR count). The zero-order chi connectivity index (χ0) is 25.8. The molecule has 0 amide bonds. The molecule has 9 unspecified atom stereocenters. The van der Waals surface area contributed by atoms with Crippen molar-refractivity contribution in [2.75, 3.05) is 26.9 Å². The monoisotopic (exact) mass is 502 g/mol. The van der Waals surface area contributed by atoms with Gasteiger partial charge in [0.05, 0.1) is 13.7 Å². The molecular weight excluding hydrogens is 472 g/mol. The van der Waals surface area contributed by atoms with Crippen molar-refractivity contribution in [3.63, 3.8) is 0 Å². The average Bonchev–Trinajstić information content (AvgIpc) is 3.12. The molecule has 9 atom stereocenters. The first kappa shape index (κ1) is 27.4. The van der Waals surface area contributed by atoms with Crippen LogP contribution in [-0.2, 0) is 23.7 Å². The van der Waals surface area contributed by atoms with Crippen molar-refractivity contribution in [1.29, 1.82) is 0 Å². The number of hydrogen-bond donors (Lipinski definition) is 7. The maximum Gasteiger partial charge on any atom is 0.330 e. The summed E-state index contributed by atoms with van der Waals surface area (Å²) in [5.74, 6) is -2.45. The van der Waals surface area contributed by atoms with Gasteiger partial charge in [-0.05, 0) is 23.8 Å². The van der Waals surface area contributed by atoms with Gasteiger partial charge in [-0.3, -0.25) is 0 Å². The molecule has 2 aliphatic rings. The van der Waals surface area contributed by atoms with E-state index in [1.54, 1.807) is 24.3 Å². The van der Waals surface area contributed by atoms with Crippen molar-refractivity contribution in [2.45, 2.75) is 54.8 Å². The number of esters is 1. The van der Waals surface area contributed by atoms with E-state index in [1.807, 2.05) is 0 Å². The highest BCUT2D eigenvalue weighted by molar-refractivity contribution is 5.87. The molecule has 0 spiro atoms. The Morgan fingerprint density at radius 2 is 1.69 bits per heavy atom. The molecule has 0 saturated carbocycles. The normalized spacial score (nSPS) is 37.5. The lowest BCUT2D eigenvalue weighted by Crippen LogP contribution is -2.62. The minimum absolute atomic E-state index is 0.548. The highest BCUT2D eigenvalue weighted by Gasteiger charge is 2.58. The molecular formula is C22H30O13. The van der Waals surface area contributed by atoms with Gasteiger partial charge in [-0.15, -0.1) is 0 Å². The number of benzene rings is 1. The van der Waals surface area contributed by atoms with Crippen LogP contribution >= 0.6 is 0 Å². The van der Waals surface area contributed by atoms with Crippen molar-refractivity contribution < 1.29 is 64.2 Å². The Kier molecular flexibility index (Phi) is 9.17. The maximum absolute atomic E-state index is 12.1. The van der Waals surface area contributed by atoms with E-state index in [2.05, 4.69) is 0 Å². The van der Waals surface area contributed by atoms with E-state index in [0.29, 0.717) is 11.3 Å². The molecule has 2 heterocycles. The third-order valence-corrected chi connectivity index (χ3v) is 5.81. The number of carbonyl (C=O) groups is 1. The molecule has 2 fully saturated rings. The quantitative estimate of drug-likeness (QED) is 0.132. The highest BCUT2D eigenvalue weighted by Crippen LogP contribution is 2.36. The van der Waals surface area contributed by atoms with E-state index < -0.39 is 80.6 Å². The van der Waals surface area contributed by atoms with Crippen LogP contribution in [0.2, 0.25) is 0 Å². The van der Waals surface area contributed by atoms with E-state index in [0.717, 1.165) is 6.08 Å². The van der Waals surface area contributed by atoms with Crippen LogP contribution in [-0.4, -0.2) is 123 Å². The topological polar surface area (TPSA) is 205 Å². The van der Waals surface area contributed by atoms with Gasteiger partial charge in [0, 0.05) is 6.08 Å². The molecule has 13 nitrogen and oxygen atoms in total. The van der Waals surface area contributed by atoms with Crippen molar-refractivity contribution in [3.05, 3.63) is 35.9 Å². The molecule has 1 aromatic rings. The Morgan fingerprint density at radius 1 is 1.00 bits per heavy atom. The Labute approximate surface area is 200 Å². The Morgan fingerprint density at radius 3 is 2.26 bits per heavy atom. The fourth-order valence-electron chi connectivity index (χ4n) is 3.71. The zero-order valence-electron chi connectivity index (χ0n) is 18.8. The van der Waals surface area contributed by atoms with Gasteiger partial charge in [0.15, 0.2) is 6.29 Å². The molecule has 196 valence electrons. The third-order valence-electron chi connectivity index (χ3n) is 5.81. The van der Waals surface area contributed by atoms with Crippen LogP contribution in [0, 0.1) is 0 Å². The minimum atomic E-state index is -2.30. The lowest BCUT2D eigenvalue weighted by molar-refractivity contribution is -0.383. The molecule has 1 aromatic carbocycles. The summed E-state index contributed by atoms with van der Waals surface area (Å²) in [6, 6.07) is 6.84. The maximum atomic E-state index is 12.1. The van der Waals surface area contributed by atoms with Gasteiger partial charge >= 0.3 is 5.97 Å². The van der Waals surface area contributed by atoms with Crippen LogP contribution in [0.4, 0.5) is 0 Å². The number of rotatable bonds is 9. The van der Waals surface area contributed by atoms with Crippen molar-refractivity contribution >= 4 is 12.0 Å². The summed E-state index contributed by atoms with van der Waals surface area (Å²) >= 11 is 0. The molecule has 0 aromatic heterocycles. The summed E-state index contributed by atoms with van der Waals surface area (Å²) in [7, 11) is 1.53. The smallest absolute Gasteiger partial charge is 0.330 e. The van der Waals surface area contributed by atoms with Crippen LogP contribution in [0.3, 0.4) is 0 Å². The van der Waals surface area contributed by atoms with Crippen molar-refractivity contribution in [2.24, 2.45) is 0 Å². The number of aliphatic hydroxyl groups excluding tert-OH is 7. The fraction of sp³-hybridized carbons (Fsp3) is 0.591. The van der Waals surface area contributed by atoms with E-state index >= 15 is 0 Å². The molecule has 0 aliphatic carbocycles. The van der Waals surface area contributed by atoms with Gasteiger partial charge in [-0.1, -0.05) is 12.1 Å². The number of carbonyl (C=O) groups excluding carboxylic acids is 1.